The Morgan fingerprint density at radius 3 is 2.56 bits per heavy atom. The van der Waals surface area contributed by atoms with E-state index in [-0.39, 0.29) is 0 Å². The highest BCUT2D eigenvalue weighted by Gasteiger charge is 2.09. The number of nitrogens with zero attached hydrogens (tertiary/aromatic N) is 1. The first-order valence-corrected chi connectivity index (χ1v) is 5.37. The summed E-state index contributed by atoms with van der Waals surface area (Å²) in [6, 6.07) is 12.0. The molecule has 0 saturated heterocycles. The average molecular weight is 214 g/mol. The summed E-state index contributed by atoms with van der Waals surface area (Å²) in [5, 5.41) is 0. The third-order valence-corrected chi connectivity index (χ3v) is 2.78. The highest BCUT2D eigenvalue weighted by Crippen LogP contribution is 2.24. The molecular formula is C14H16NO+. The molecule has 2 aromatic rings. The van der Waals surface area contributed by atoms with Crippen molar-refractivity contribution in [3.05, 3.63) is 53.7 Å². The number of aryl methyl sites for hydroxylation is 2. The molecule has 82 valence electrons. The van der Waals surface area contributed by atoms with E-state index in [0.29, 0.717) is 0 Å². The Morgan fingerprint density at radius 2 is 1.81 bits per heavy atom. The summed E-state index contributed by atoms with van der Waals surface area (Å²) in [4.78, 5) is 0. The summed E-state index contributed by atoms with van der Waals surface area (Å²) in [5.41, 5.74) is 2.43. The minimum Gasteiger partial charge on any atom is -0.405 e. The zero-order chi connectivity index (χ0) is 11.5. The number of aromatic nitrogens is 1. The second-order valence-corrected chi connectivity index (χ2v) is 3.95. The van der Waals surface area contributed by atoms with Gasteiger partial charge in [0.15, 0.2) is 6.20 Å². The summed E-state index contributed by atoms with van der Waals surface area (Å²) in [6.45, 7) is 4.17. The smallest absolute Gasteiger partial charge is 0.373 e. The van der Waals surface area contributed by atoms with Gasteiger partial charge >= 0.3 is 5.88 Å². The second-order valence-electron chi connectivity index (χ2n) is 3.95. The summed E-state index contributed by atoms with van der Waals surface area (Å²) in [6.07, 6.45) is 1.97. The van der Waals surface area contributed by atoms with E-state index in [0.717, 1.165) is 11.6 Å². The highest BCUT2D eigenvalue weighted by atomic mass is 16.5. The van der Waals surface area contributed by atoms with Crippen molar-refractivity contribution in [2.45, 2.75) is 13.8 Å². The van der Waals surface area contributed by atoms with Crippen LogP contribution < -0.4 is 9.30 Å². The number of pyridine rings is 1. The van der Waals surface area contributed by atoms with E-state index in [9.17, 15) is 0 Å². The predicted octanol–water partition coefficient (Wildman–Crippen LogP) is 2.92. The zero-order valence-electron chi connectivity index (χ0n) is 9.90. The number of hydrogen-bond acceptors (Lipinski definition) is 1. The molecule has 0 aliphatic carbocycles. The van der Waals surface area contributed by atoms with Gasteiger partial charge in [0.2, 0.25) is 0 Å². The predicted molar refractivity (Wildman–Crippen MR) is 63.6 cm³/mol. The molecule has 1 aromatic carbocycles. The van der Waals surface area contributed by atoms with Crippen LogP contribution in [-0.2, 0) is 7.05 Å². The van der Waals surface area contributed by atoms with Gasteiger partial charge in [-0.05, 0) is 37.1 Å². The number of benzene rings is 1. The van der Waals surface area contributed by atoms with Crippen molar-refractivity contribution < 1.29 is 9.30 Å². The highest BCUT2D eigenvalue weighted by molar-refractivity contribution is 5.39. The monoisotopic (exact) mass is 214 g/mol. The van der Waals surface area contributed by atoms with Gasteiger partial charge in [-0.25, -0.2) is 0 Å². The first-order valence-electron chi connectivity index (χ1n) is 5.37. The Labute approximate surface area is 96.1 Å². The number of ether oxygens (including phenoxy) is 1. The quantitative estimate of drug-likeness (QED) is 0.700. The Bertz CT molecular complexity index is 506. The molecule has 2 heteroatoms. The lowest BCUT2D eigenvalue weighted by atomic mass is 10.1. The van der Waals surface area contributed by atoms with E-state index in [4.69, 9.17) is 4.74 Å². The molecule has 0 radical (unpaired) electrons. The molecular weight excluding hydrogens is 198 g/mol. The van der Waals surface area contributed by atoms with Gasteiger partial charge in [-0.2, -0.15) is 4.57 Å². The van der Waals surface area contributed by atoms with Crippen molar-refractivity contribution in [2.24, 2.45) is 7.05 Å². The van der Waals surface area contributed by atoms with Gasteiger partial charge in [0.25, 0.3) is 0 Å². The van der Waals surface area contributed by atoms with Crippen LogP contribution in [0.4, 0.5) is 0 Å². The normalized spacial score (nSPS) is 10.2. The van der Waals surface area contributed by atoms with Gasteiger partial charge in [-0.1, -0.05) is 12.1 Å². The fraction of sp³-hybridized carbons (Fsp3) is 0.214. The Morgan fingerprint density at radius 1 is 1.00 bits per heavy atom. The zero-order valence-corrected chi connectivity index (χ0v) is 9.90. The van der Waals surface area contributed by atoms with Crippen LogP contribution in [-0.4, -0.2) is 0 Å². The molecule has 1 heterocycles. The topological polar surface area (TPSA) is 13.1 Å². The third-order valence-electron chi connectivity index (χ3n) is 2.78. The average Bonchev–Trinajstić information content (AvgIpc) is 2.28. The van der Waals surface area contributed by atoms with Gasteiger partial charge in [-0.3, -0.25) is 0 Å². The van der Waals surface area contributed by atoms with Gasteiger partial charge in [-0.15, -0.1) is 0 Å². The summed E-state index contributed by atoms with van der Waals surface area (Å²) in [5.74, 6) is 1.76. The maximum Gasteiger partial charge on any atom is 0.373 e. The molecule has 2 nitrogen and oxygen atoms in total. The fourth-order valence-electron chi connectivity index (χ4n) is 1.56. The molecule has 0 unspecified atom stereocenters. The standard InChI is InChI=1S/C14H16NO/c1-11-7-6-8-13(12(11)2)16-14-9-4-5-10-15(14)3/h4-10H,1-3H3/q+1. The molecule has 0 spiro atoms. The van der Waals surface area contributed by atoms with E-state index < -0.39 is 0 Å². The minimum absolute atomic E-state index is 0.844. The fourth-order valence-corrected chi connectivity index (χ4v) is 1.56. The number of hydrogen-bond donors (Lipinski definition) is 0. The first kappa shape index (κ1) is 10.7. The van der Waals surface area contributed by atoms with Crippen LogP contribution in [0.5, 0.6) is 11.6 Å². The van der Waals surface area contributed by atoms with Crippen molar-refractivity contribution in [3.63, 3.8) is 0 Å². The molecule has 0 aliphatic rings. The van der Waals surface area contributed by atoms with Crippen LogP contribution in [0.2, 0.25) is 0 Å². The molecule has 2 rings (SSSR count). The van der Waals surface area contributed by atoms with Crippen molar-refractivity contribution >= 4 is 0 Å². The largest absolute Gasteiger partial charge is 0.405 e. The summed E-state index contributed by atoms with van der Waals surface area (Å²) >= 11 is 0. The van der Waals surface area contributed by atoms with Crippen LogP contribution in [0.1, 0.15) is 11.1 Å². The van der Waals surface area contributed by atoms with Crippen LogP contribution in [0, 0.1) is 13.8 Å². The van der Waals surface area contributed by atoms with Crippen molar-refractivity contribution in [2.75, 3.05) is 0 Å². The summed E-state index contributed by atoms with van der Waals surface area (Å²) in [7, 11) is 1.97. The first-order chi connectivity index (χ1) is 7.68. The molecule has 0 atom stereocenters. The van der Waals surface area contributed by atoms with E-state index >= 15 is 0 Å². The van der Waals surface area contributed by atoms with Gasteiger partial charge < -0.3 is 4.74 Å². The lowest BCUT2D eigenvalue weighted by molar-refractivity contribution is -0.675. The molecule has 0 saturated carbocycles. The Balaban J connectivity index is 2.35. The Hall–Kier alpha value is -1.83. The molecule has 0 amide bonds. The minimum atomic E-state index is 0.844. The molecule has 0 bridgehead atoms. The van der Waals surface area contributed by atoms with Gasteiger partial charge in [0.1, 0.15) is 12.8 Å². The molecule has 0 N–H and O–H groups in total. The van der Waals surface area contributed by atoms with Crippen LogP contribution in [0.25, 0.3) is 0 Å². The second kappa shape index (κ2) is 4.35. The van der Waals surface area contributed by atoms with Crippen molar-refractivity contribution in [1.29, 1.82) is 0 Å². The van der Waals surface area contributed by atoms with Gasteiger partial charge in [0, 0.05) is 6.07 Å². The molecule has 0 fully saturated rings. The van der Waals surface area contributed by atoms with Crippen molar-refractivity contribution in [3.8, 4) is 11.6 Å². The third kappa shape index (κ3) is 2.06. The van der Waals surface area contributed by atoms with E-state index in [1.54, 1.807) is 0 Å². The van der Waals surface area contributed by atoms with E-state index in [1.165, 1.54) is 11.1 Å². The maximum absolute atomic E-state index is 5.88. The number of rotatable bonds is 2. The van der Waals surface area contributed by atoms with Crippen molar-refractivity contribution in [1.82, 2.24) is 0 Å². The van der Waals surface area contributed by atoms with Gasteiger partial charge in [0.05, 0.1) is 6.07 Å². The lowest BCUT2D eigenvalue weighted by Gasteiger charge is -2.08. The lowest BCUT2D eigenvalue weighted by Crippen LogP contribution is -2.28. The molecule has 16 heavy (non-hydrogen) atoms. The Kier molecular flexibility index (Phi) is 2.91. The van der Waals surface area contributed by atoms with E-state index in [2.05, 4.69) is 19.9 Å². The van der Waals surface area contributed by atoms with Crippen LogP contribution in [0.15, 0.2) is 42.6 Å². The maximum atomic E-state index is 5.88. The van der Waals surface area contributed by atoms with Crippen LogP contribution in [0.3, 0.4) is 0 Å². The molecule has 1 aromatic heterocycles. The SMILES string of the molecule is Cc1cccc(Oc2cccc[n+]2C)c1C. The van der Waals surface area contributed by atoms with Crippen LogP contribution >= 0.6 is 0 Å². The molecule has 0 aliphatic heterocycles. The summed E-state index contributed by atoms with van der Waals surface area (Å²) < 4.78 is 7.84. The van der Waals surface area contributed by atoms with E-state index in [1.807, 2.05) is 48.1 Å².